The van der Waals surface area contributed by atoms with E-state index in [1.165, 1.54) is 4.90 Å². The van der Waals surface area contributed by atoms with Crippen LogP contribution in [0.25, 0.3) is 11.3 Å². The van der Waals surface area contributed by atoms with Crippen molar-refractivity contribution in [3.63, 3.8) is 0 Å². The Morgan fingerprint density at radius 1 is 1.17 bits per heavy atom. The number of carbonyl (C=O) groups excluding carboxylic acids is 1. The van der Waals surface area contributed by atoms with Crippen LogP contribution >= 0.6 is 0 Å². The lowest BCUT2D eigenvalue weighted by atomic mass is 10.1. The molecule has 3 rings (SSSR count). The predicted octanol–water partition coefficient (Wildman–Crippen LogP) is 2.37. The highest BCUT2D eigenvalue weighted by atomic mass is 16.5. The fourth-order valence-electron chi connectivity index (χ4n) is 2.36. The average molecular weight is 323 g/mol. The van der Waals surface area contributed by atoms with Gasteiger partial charge in [0.1, 0.15) is 5.69 Å². The summed E-state index contributed by atoms with van der Waals surface area (Å²) < 4.78 is 5.21. The van der Waals surface area contributed by atoms with Crippen molar-refractivity contribution in [1.29, 1.82) is 0 Å². The Hall–Kier alpha value is -2.99. The van der Waals surface area contributed by atoms with E-state index in [-0.39, 0.29) is 24.8 Å². The van der Waals surface area contributed by atoms with Crippen molar-refractivity contribution in [3.05, 3.63) is 72.2 Å². The molecule has 0 spiro atoms. The molecule has 0 bridgehead atoms. The van der Waals surface area contributed by atoms with Gasteiger partial charge >= 0.3 is 0 Å². The van der Waals surface area contributed by atoms with E-state index >= 15 is 0 Å². The van der Waals surface area contributed by atoms with E-state index in [1.807, 2.05) is 36.4 Å². The monoisotopic (exact) mass is 323 g/mol. The highest BCUT2D eigenvalue weighted by Crippen LogP contribution is 2.20. The Labute approximate surface area is 139 Å². The summed E-state index contributed by atoms with van der Waals surface area (Å²) in [5.74, 6) is -0.172. The number of aliphatic hydroxyl groups excluding tert-OH is 1. The van der Waals surface area contributed by atoms with Gasteiger partial charge in [-0.1, -0.05) is 41.6 Å². The number of aromatic nitrogens is 2. The molecule has 0 radical (unpaired) electrons. The van der Waals surface area contributed by atoms with Crippen molar-refractivity contribution >= 4 is 5.91 Å². The SMILES string of the molecule is O=C(c1cc(-c2ccccc2)no1)N(CCO)Cc1cccnc1. The first-order chi connectivity index (χ1) is 11.8. The second-order valence-electron chi connectivity index (χ2n) is 5.25. The fraction of sp³-hybridized carbons (Fsp3) is 0.167. The van der Waals surface area contributed by atoms with Crippen molar-refractivity contribution in [2.24, 2.45) is 0 Å². The molecule has 0 fully saturated rings. The zero-order valence-corrected chi connectivity index (χ0v) is 13.0. The van der Waals surface area contributed by atoms with Crippen LogP contribution in [0, 0.1) is 0 Å². The number of carbonyl (C=O) groups is 1. The van der Waals surface area contributed by atoms with Gasteiger partial charge in [-0.15, -0.1) is 0 Å². The topological polar surface area (TPSA) is 79.5 Å². The number of nitrogens with zero attached hydrogens (tertiary/aromatic N) is 3. The maximum absolute atomic E-state index is 12.6. The summed E-state index contributed by atoms with van der Waals surface area (Å²) in [6.07, 6.45) is 3.36. The highest BCUT2D eigenvalue weighted by Gasteiger charge is 2.21. The lowest BCUT2D eigenvalue weighted by Crippen LogP contribution is -2.32. The maximum atomic E-state index is 12.6. The number of aliphatic hydroxyl groups is 1. The first-order valence-electron chi connectivity index (χ1n) is 7.59. The van der Waals surface area contributed by atoms with E-state index in [9.17, 15) is 9.90 Å². The lowest BCUT2D eigenvalue weighted by Gasteiger charge is -2.20. The summed E-state index contributed by atoms with van der Waals surface area (Å²) in [6.45, 7) is 0.412. The number of rotatable bonds is 6. The minimum atomic E-state index is -0.317. The van der Waals surface area contributed by atoms with Crippen LogP contribution in [0.1, 0.15) is 16.1 Å². The molecule has 0 saturated carbocycles. The predicted molar refractivity (Wildman–Crippen MR) is 88.0 cm³/mol. The molecular formula is C18H17N3O3. The molecular weight excluding hydrogens is 306 g/mol. The molecule has 2 aromatic heterocycles. The van der Waals surface area contributed by atoms with Crippen LogP contribution in [-0.2, 0) is 6.54 Å². The summed E-state index contributed by atoms with van der Waals surface area (Å²) in [5.41, 5.74) is 2.35. The second-order valence-corrected chi connectivity index (χ2v) is 5.25. The Bertz CT molecular complexity index is 788. The van der Waals surface area contributed by atoms with E-state index in [0.717, 1.165) is 11.1 Å². The average Bonchev–Trinajstić information content (AvgIpc) is 3.12. The van der Waals surface area contributed by atoms with Crippen molar-refractivity contribution in [3.8, 4) is 11.3 Å². The van der Waals surface area contributed by atoms with Gasteiger partial charge in [-0.05, 0) is 11.6 Å². The largest absolute Gasteiger partial charge is 0.395 e. The Morgan fingerprint density at radius 3 is 2.71 bits per heavy atom. The minimum Gasteiger partial charge on any atom is -0.395 e. The van der Waals surface area contributed by atoms with E-state index in [0.29, 0.717) is 12.2 Å². The first-order valence-corrected chi connectivity index (χ1v) is 7.59. The van der Waals surface area contributed by atoms with Crippen LogP contribution in [0.15, 0.2) is 65.4 Å². The summed E-state index contributed by atoms with van der Waals surface area (Å²) in [4.78, 5) is 18.2. The van der Waals surface area contributed by atoms with Crippen LogP contribution < -0.4 is 0 Å². The van der Waals surface area contributed by atoms with E-state index in [1.54, 1.807) is 24.5 Å². The standard InChI is InChI=1S/C18H17N3O3/c22-10-9-21(13-14-5-4-8-19-12-14)18(23)17-11-16(20-24-17)15-6-2-1-3-7-15/h1-8,11-12,22H,9-10,13H2. The van der Waals surface area contributed by atoms with Crippen LogP contribution in [0.3, 0.4) is 0 Å². The van der Waals surface area contributed by atoms with Crippen LogP contribution in [0.4, 0.5) is 0 Å². The smallest absolute Gasteiger partial charge is 0.292 e. The van der Waals surface area contributed by atoms with Gasteiger partial charge in [0.05, 0.1) is 6.61 Å². The minimum absolute atomic E-state index is 0.133. The summed E-state index contributed by atoms with van der Waals surface area (Å²) in [5, 5.41) is 13.2. The molecule has 6 nitrogen and oxygen atoms in total. The molecule has 2 heterocycles. The van der Waals surface area contributed by atoms with Crippen molar-refractivity contribution < 1.29 is 14.4 Å². The summed E-state index contributed by atoms with van der Waals surface area (Å²) in [6, 6.07) is 14.8. The van der Waals surface area contributed by atoms with Crippen molar-refractivity contribution in [1.82, 2.24) is 15.0 Å². The van der Waals surface area contributed by atoms with Crippen LogP contribution in [0.2, 0.25) is 0 Å². The first kappa shape index (κ1) is 15.9. The van der Waals surface area contributed by atoms with Crippen LogP contribution in [-0.4, -0.2) is 39.2 Å². The van der Waals surface area contributed by atoms with Gasteiger partial charge in [0, 0.05) is 37.1 Å². The zero-order valence-electron chi connectivity index (χ0n) is 13.0. The molecule has 122 valence electrons. The van der Waals surface area contributed by atoms with Gasteiger partial charge in [0.15, 0.2) is 0 Å². The third kappa shape index (κ3) is 3.67. The zero-order chi connectivity index (χ0) is 16.8. The number of hydrogen-bond donors (Lipinski definition) is 1. The fourth-order valence-corrected chi connectivity index (χ4v) is 2.36. The number of amides is 1. The van der Waals surface area contributed by atoms with Gasteiger partial charge in [-0.2, -0.15) is 0 Å². The Kier molecular flexibility index (Phi) is 4.98. The summed E-state index contributed by atoms with van der Waals surface area (Å²) >= 11 is 0. The van der Waals surface area contributed by atoms with Gasteiger partial charge in [0.25, 0.3) is 5.91 Å². The van der Waals surface area contributed by atoms with Gasteiger partial charge in [-0.3, -0.25) is 9.78 Å². The van der Waals surface area contributed by atoms with Gasteiger partial charge < -0.3 is 14.5 Å². The number of benzene rings is 1. The molecule has 6 heteroatoms. The summed E-state index contributed by atoms with van der Waals surface area (Å²) in [7, 11) is 0. The quantitative estimate of drug-likeness (QED) is 0.753. The van der Waals surface area contributed by atoms with Crippen LogP contribution in [0.5, 0.6) is 0 Å². The molecule has 1 aromatic carbocycles. The lowest BCUT2D eigenvalue weighted by molar-refractivity contribution is 0.0666. The molecule has 3 aromatic rings. The van der Waals surface area contributed by atoms with Gasteiger partial charge in [-0.25, -0.2) is 0 Å². The second kappa shape index (κ2) is 7.52. The molecule has 0 saturated heterocycles. The van der Waals surface area contributed by atoms with E-state index < -0.39 is 0 Å². The maximum Gasteiger partial charge on any atom is 0.292 e. The molecule has 0 aliphatic rings. The molecule has 0 aliphatic carbocycles. The third-order valence-corrected chi connectivity index (χ3v) is 3.54. The Balaban J connectivity index is 1.79. The van der Waals surface area contributed by atoms with Gasteiger partial charge in [0.2, 0.25) is 5.76 Å². The highest BCUT2D eigenvalue weighted by molar-refractivity contribution is 5.92. The number of pyridine rings is 1. The normalized spacial score (nSPS) is 10.5. The van der Waals surface area contributed by atoms with E-state index in [4.69, 9.17) is 4.52 Å². The molecule has 24 heavy (non-hydrogen) atoms. The van der Waals surface area contributed by atoms with Crippen molar-refractivity contribution in [2.45, 2.75) is 6.54 Å². The molecule has 0 aliphatic heterocycles. The molecule has 0 unspecified atom stereocenters. The molecule has 1 amide bonds. The molecule has 1 N–H and O–H groups in total. The Morgan fingerprint density at radius 2 is 2.00 bits per heavy atom. The molecule has 0 atom stereocenters. The van der Waals surface area contributed by atoms with E-state index in [2.05, 4.69) is 10.1 Å². The third-order valence-electron chi connectivity index (χ3n) is 3.54. The van der Waals surface area contributed by atoms with Crippen molar-refractivity contribution in [2.75, 3.05) is 13.2 Å². The number of hydrogen-bond acceptors (Lipinski definition) is 5.